The van der Waals surface area contributed by atoms with Crippen molar-refractivity contribution in [1.29, 1.82) is 0 Å². The quantitative estimate of drug-likeness (QED) is 0.932. The van der Waals surface area contributed by atoms with Crippen LogP contribution in [-0.2, 0) is 11.2 Å². The van der Waals surface area contributed by atoms with Crippen LogP contribution in [-0.4, -0.2) is 34.6 Å². The molecule has 0 saturated carbocycles. The number of aliphatic hydroxyl groups is 1. The molecule has 1 amide bonds. The molecular formula is C14H17Cl2NO2. The third kappa shape index (κ3) is 3.04. The molecule has 0 atom stereocenters. The molecule has 1 aromatic rings. The summed E-state index contributed by atoms with van der Waals surface area (Å²) in [4.78, 5) is 13.7. The van der Waals surface area contributed by atoms with Gasteiger partial charge in [0.15, 0.2) is 0 Å². The van der Waals surface area contributed by atoms with E-state index < -0.39 is 5.60 Å². The van der Waals surface area contributed by atoms with Gasteiger partial charge in [0.1, 0.15) is 5.60 Å². The van der Waals surface area contributed by atoms with Crippen molar-refractivity contribution in [2.24, 2.45) is 5.92 Å². The maximum Gasteiger partial charge on any atom is 0.227 e. The molecule has 1 N–H and O–H groups in total. The number of hydrogen-bond donors (Lipinski definition) is 1. The van der Waals surface area contributed by atoms with Crippen LogP contribution in [0, 0.1) is 5.92 Å². The Morgan fingerprint density at radius 2 is 2.00 bits per heavy atom. The van der Waals surface area contributed by atoms with E-state index in [2.05, 4.69) is 0 Å². The fourth-order valence-electron chi connectivity index (χ4n) is 2.09. The Bertz CT molecular complexity index is 496. The number of carbonyl (C=O) groups is 1. The molecule has 0 unspecified atom stereocenters. The van der Waals surface area contributed by atoms with Crippen molar-refractivity contribution >= 4 is 29.1 Å². The minimum Gasteiger partial charge on any atom is -0.386 e. The van der Waals surface area contributed by atoms with Gasteiger partial charge >= 0.3 is 0 Å². The maximum atomic E-state index is 12.0. The van der Waals surface area contributed by atoms with Gasteiger partial charge in [-0.15, -0.1) is 0 Å². The van der Waals surface area contributed by atoms with E-state index in [1.807, 2.05) is 13.8 Å². The Hall–Kier alpha value is -0.770. The number of benzene rings is 1. The highest BCUT2D eigenvalue weighted by atomic mass is 35.5. The summed E-state index contributed by atoms with van der Waals surface area (Å²) in [6, 6.07) is 5.18. The van der Waals surface area contributed by atoms with Gasteiger partial charge in [0.25, 0.3) is 0 Å². The van der Waals surface area contributed by atoms with Crippen LogP contribution in [0.1, 0.15) is 19.4 Å². The zero-order chi connectivity index (χ0) is 14.2. The average Bonchev–Trinajstić information content (AvgIpc) is 2.29. The first-order valence-electron chi connectivity index (χ1n) is 6.26. The molecule has 1 aromatic carbocycles. The lowest BCUT2D eigenvalue weighted by Crippen LogP contribution is -2.66. The first-order chi connectivity index (χ1) is 8.82. The summed E-state index contributed by atoms with van der Waals surface area (Å²) in [5.41, 5.74) is 0.104. The van der Waals surface area contributed by atoms with Crippen LogP contribution in [0.2, 0.25) is 10.0 Å². The fourth-order valence-corrected chi connectivity index (χ4v) is 2.41. The van der Waals surface area contributed by atoms with Crippen molar-refractivity contribution in [3.8, 4) is 0 Å². The summed E-state index contributed by atoms with van der Waals surface area (Å²) in [5, 5.41) is 11.1. The number of amides is 1. The predicted octanol–water partition coefficient (Wildman–Crippen LogP) is 2.77. The molecular weight excluding hydrogens is 285 g/mol. The molecule has 2 rings (SSSR count). The Morgan fingerprint density at radius 3 is 2.53 bits per heavy atom. The maximum absolute atomic E-state index is 12.0. The zero-order valence-electron chi connectivity index (χ0n) is 11.0. The lowest BCUT2D eigenvalue weighted by molar-refractivity contribution is -0.163. The summed E-state index contributed by atoms with van der Waals surface area (Å²) in [5.74, 6) is 0.158. The highest BCUT2D eigenvalue weighted by molar-refractivity contribution is 6.42. The molecule has 1 aliphatic rings. The van der Waals surface area contributed by atoms with E-state index >= 15 is 0 Å². The lowest BCUT2D eigenvalue weighted by Gasteiger charge is -2.49. The molecule has 1 heterocycles. The second-order valence-electron chi connectivity index (χ2n) is 5.43. The topological polar surface area (TPSA) is 40.5 Å². The molecule has 5 heteroatoms. The van der Waals surface area contributed by atoms with Gasteiger partial charge < -0.3 is 10.0 Å². The molecule has 1 saturated heterocycles. The molecule has 104 valence electrons. The number of rotatable bonds is 3. The highest BCUT2D eigenvalue weighted by Crippen LogP contribution is 2.29. The van der Waals surface area contributed by atoms with E-state index in [0.717, 1.165) is 5.56 Å². The monoisotopic (exact) mass is 301 g/mol. The largest absolute Gasteiger partial charge is 0.386 e. The zero-order valence-corrected chi connectivity index (χ0v) is 12.5. The van der Waals surface area contributed by atoms with Crippen LogP contribution in [0.4, 0.5) is 0 Å². The minimum absolute atomic E-state index is 0.00344. The molecule has 0 spiro atoms. The first kappa shape index (κ1) is 14.6. The van der Waals surface area contributed by atoms with E-state index in [1.54, 1.807) is 23.1 Å². The average molecular weight is 302 g/mol. The smallest absolute Gasteiger partial charge is 0.227 e. The van der Waals surface area contributed by atoms with Gasteiger partial charge in [-0.2, -0.15) is 0 Å². The van der Waals surface area contributed by atoms with E-state index in [1.165, 1.54) is 0 Å². The number of β-amino-alcohol motifs (C(OH)–C–C–N with tert-alkyl or cyclic N) is 1. The van der Waals surface area contributed by atoms with Crippen LogP contribution in [0.3, 0.4) is 0 Å². The molecule has 0 aromatic heterocycles. The summed E-state index contributed by atoms with van der Waals surface area (Å²) < 4.78 is 0. The first-order valence-corrected chi connectivity index (χ1v) is 7.01. The van der Waals surface area contributed by atoms with Crippen molar-refractivity contribution in [2.45, 2.75) is 25.9 Å². The standard InChI is InChI=1S/C14H17Cl2NO2/c1-9(2)14(19)7-17(8-14)13(18)6-10-3-4-11(15)12(16)5-10/h3-5,9,19H,6-8H2,1-2H3. The highest BCUT2D eigenvalue weighted by Gasteiger charge is 2.45. The van der Waals surface area contributed by atoms with Gasteiger partial charge in [0.05, 0.1) is 29.6 Å². The molecule has 0 bridgehead atoms. The van der Waals surface area contributed by atoms with Crippen LogP contribution < -0.4 is 0 Å². The second-order valence-corrected chi connectivity index (χ2v) is 6.25. The van der Waals surface area contributed by atoms with Crippen LogP contribution in [0.15, 0.2) is 18.2 Å². The predicted molar refractivity (Wildman–Crippen MR) is 76.5 cm³/mol. The molecule has 0 aliphatic carbocycles. The lowest BCUT2D eigenvalue weighted by atomic mass is 9.83. The number of halogens is 2. The van der Waals surface area contributed by atoms with Crippen molar-refractivity contribution in [3.63, 3.8) is 0 Å². The minimum atomic E-state index is -0.729. The summed E-state index contributed by atoms with van der Waals surface area (Å²) in [6.07, 6.45) is 0.283. The van der Waals surface area contributed by atoms with Gasteiger partial charge in [-0.05, 0) is 23.6 Å². The van der Waals surface area contributed by atoms with E-state index in [0.29, 0.717) is 23.1 Å². The Kier molecular flexibility index (Phi) is 4.09. The van der Waals surface area contributed by atoms with Crippen molar-refractivity contribution in [1.82, 2.24) is 4.90 Å². The molecule has 3 nitrogen and oxygen atoms in total. The summed E-state index contributed by atoms with van der Waals surface area (Å²) >= 11 is 11.7. The van der Waals surface area contributed by atoms with E-state index in [4.69, 9.17) is 23.2 Å². The van der Waals surface area contributed by atoms with Gasteiger partial charge in [0.2, 0.25) is 5.91 Å². The second kappa shape index (κ2) is 5.31. The third-order valence-corrected chi connectivity index (χ3v) is 4.44. The number of hydrogen-bond acceptors (Lipinski definition) is 2. The number of carbonyl (C=O) groups excluding carboxylic acids is 1. The van der Waals surface area contributed by atoms with Crippen LogP contribution in [0.5, 0.6) is 0 Å². The molecule has 19 heavy (non-hydrogen) atoms. The summed E-state index contributed by atoms with van der Waals surface area (Å²) in [7, 11) is 0. The van der Waals surface area contributed by atoms with Crippen molar-refractivity contribution in [2.75, 3.05) is 13.1 Å². The van der Waals surface area contributed by atoms with Gasteiger partial charge in [-0.1, -0.05) is 43.1 Å². The molecule has 0 radical (unpaired) electrons. The van der Waals surface area contributed by atoms with Crippen LogP contribution >= 0.6 is 23.2 Å². The van der Waals surface area contributed by atoms with Crippen molar-refractivity contribution < 1.29 is 9.90 Å². The molecule has 1 aliphatic heterocycles. The van der Waals surface area contributed by atoms with Crippen molar-refractivity contribution in [3.05, 3.63) is 33.8 Å². The van der Waals surface area contributed by atoms with Gasteiger partial charge in [-0.25, -0.2) is 0 Å². The fraction of sp³-hybridized carbons (Fsp3) is 0.500. The number of likely N-dealkylation sites (tertiary alicyclic amines) is 1. The van der Waals surface area contributed by atoms with Crippen LogP contribution in [0.25, 0.3) is 0 Å². The third-order valence-electron chi connectivity index (χ3n) is 3.70. The van der Waals surface area contributed by atoms with Gasteiger partial charge in [0, 0.05) is 0 Å². The van der Waals surface area contributed by atoms with E-state index in [-0.39, 0.29) is 18.2 Å². The summed E-state index contributed by atoms with van der Waals surface area (Å²) in [6.45, 7) is 4.73. The normalized spacial score (nSPS) is 17.5. The molecule has 1 fully saturated rings. The number of nitrogens with zero attached hydrogens (tertiary/aromatic N) is 1. The Balaban J connectivity index is 1.94. The van der Waals surface area contributed by atoms with Gasteiger partial charge in [-0.3, -0.25) is 4.79 Å². The Morgan fingerprint density at radius 1 is 1.37 bits per heavy atom. The Labute approximate surface area is 123 Å². The SMILES string of the molecule is CC(C)C1(O)CN(C(=O)Cc2ccc(Cl)c(Cl)c2)C1. The van der Waals surface area contributed by atoms with E-state index in [9.17, 15) is 9.90 Å².